The number of likely N-dealkylation sites (N-methyl/N-ethyl adjacent to an activating group) is 1. The molecule has 1 atom stereocenters. The largest absolute Gasteiger partial charge is 0.379 e. The van der Waals surface area contributed by atoms with Gasteiger partial charge in [0.05, 0.1) is 36.5 Å². The topological polar surface area (TPSA) is 88.0 Å². The first-order valence-corrected chi connectivity index (χ1v) is 14.6. The lowest BCUT2D eigenvalue weighted by atomic mass is 9.98. The molecule has 1 aliphatic heterocycles. The van der Waals surface area contributed by atoms with Gasteiger partial charge in [0.15, 0.2) is 0 Å². The number of nitrogens with zero attached hydrogens (tertiary/aromatic N) is 5. The molecule has 1 fully saturated rings. The number of ether oxygens (including phenoxy) is 1. The molecule has 0 bridgehead atoms. The Morgan fingerprint density at radius 2 is 1.51 bits per heavy atom. The monoisotopic (exact) mass is 581 g/mol. The van der Waals surface area contributed by atoms with Gasteiger partial charge in [0.2, 0.25) is 5.91 Å². The van der Waals surface area contributed by atoms with Crippen LogP contribution in [-0.4, -0.2) is 90.1 Å². The van der Waals surface area contributed by atoms with Crippen LogP contribution in [0.3, 0.4) is 0 Å². The quantitative estimate of drug-likeness (QED) is 0.314. The normalized spacial score (nSPS) is 14.4. The van der Waals surface area contributed by atoms with Gasteiger partial charge in [0.1, 0.15) is 6.54 Å². The van der Waals surface area contributed by atoms with Crippen molar-refractivity contribution in [3.63, 3.8) is 0 Å². The molecule has 3 aromatic carbocycles. The van der Waals surface area contributed by atoms with Crippen LogP contribution in [0.4, 0.5) is 0 Å². The highest BCUT2D eigenvalue weighted by Crippen LogP contribution is 2.27. The molecule has 0 saturated carbocycles. The summed E-state index contributed by atoms with van der Waals surface area (Å²) >= 11 is 0. The van der Waals surface area contributed by atoms with Crippen LogP contribution in [0.5, 0.6) is 0 Å². The smallest absolute Gasteiger partial charge is 0.269 e. The van der Waals surface area contributed by atoms with Gasteiger partial charge in [-0.25, -0.2) is 4.98 Å². The maximum atomic E-state index is 13.8. The first kappa shape index (κ1) is 30.1. The van der Waals surface area contributed by atoms with Gasteiger partial charge < -0.3 is 14.5 Å². The fourth-order valence-corrected chi connectivity index (χ4v) is 5.44. The Hall–Kier alpha value is -4.34. The van der Waals surface area contributed by atoms with Crippen molar-refractivity contribution in [1.29, 1.82) is 0 Å². The van der Waals surface area contributed by atoms with Crippen molar-refractivity contribution >= 4 is 22.8 Å². The molecule has 1 saturated heterocycles. The molecule has 4 aromatic rings. The second-order valence-electron chi connectivity index (χ2n) is 11.4. The highest BCUT2D eigenvalue weighted by Gasteiger charge is 2.26. The maximum Gasteiger partial charge on any atom is 0.269 e. The third-order valence-electron chi connectivity index (χ3n) is 8.32. The Bertz CT molecular complexity index is 1670. The fraction of sp³-hybridized carbons (Fsp3) is 0.353. The maximum absolute atomic E-state index is 13.8. The van der Waals surface area contributed by atoms with Crippen LogP contribution in [-0.2, 0) is 16.1 Å². The van der Waals surface area contributed by atoms with E-state index in [9.17, 15) is 14.4 Å². The zero-order chi connectivity index (χ0) is 30.7. The molecule has 1 unspecified atom stereocenters. The summed E-state index contributed by atoms with van der Waals surface area (Å²) in [6.45, 7) is 7.48. The lowest BCUT2D eigenvalue weighted by Crippen LogP contribution is -2.45. The summed E-state index contributed by atoms with van der Waals surface area (Å²) in [5.41, 5.74) is 6.84. The number of benzene rings is 3. The molecule has 2 heterocycles. The molecule has 1 aromatic heterocycles. The summed E-state index contributed by atoms with van der Waals surface area (Å²) in [4.78, 5) is 48.9. The van der Waals surface area contributed by atoms with Crippen LogP contribution in [0.2, 0.25) is 0 Å². The molecular formula is C34H39N5O4. The van der Waals surface area contributed by atoms with Crippen molar-refractivity contribution < 1.29 is 14.3 Å². The minimum atomic E-state index is -0.301. The van der Waals surface area contributed by atoms with Gasteiger partial charge in [-0.15, -0.1) is 0 Å². The van der Waals surface area contributed by atoms with Crippen LogP contribution < -0.4 is 5.56 Å². The van der Waals surface area contributed by atoms with Crippen molar-refractivity contribution in [3.8, 4) is 11.1 Å². The number of morpholine rings is 1. The highest BCUT2D eigenvalue weighted by molar-refractivity contribution is 5.94. The second kappa shape index (κ2) is 12.9. The van der Waals surface area contributed by atoms with E-state index < -0.39 is 0 Å². The molecule has 2 amide bonds. The molecule has 9 heteroatoms. The highest BCUT2D eigenvalue weighted by atomic mass is 16.5. The minimum Gasteiger partial charge on any atom is -0.379 e. The molecule has 9 nitrogen and oxygen atoms in total. The van der Waals surface area contributed by atoms with Gasteiger partial charge in [-0.2, -0.15) is 0 Å². The minimum absolute atomic E-state index is 0.0344. The van der Waals surface area contributed by atoms with E-state index in [1.54, 1.807) is 23.9 Å². The number of fused-ring (bicyclic) bond motifs is 1. The summed E-state index contributed by atoms with van der Waals surface area (Å²) < 4.78 is 7.08. The molecule has 0 N–H and O–H groups in total. The molecule has 1 aliphatic rings. The summed E-state index contributed by atoms with van der Waals surface area (Å²) in [6, 6.07) is 19.5. The van der Waals surface area contributed by atoms with Crippen LogP contribution in [0.25, 0.3) is 22.2 Å². The van der Waals surface area contributed by atoms with Gasteiger partial charge >= 0.3 is 0 Å². The average Bonchev–Trinajstić information content (AvgIpc) is 3.02. The first-order valence-electron chi connectivity index (χ1n) is 14.6. The van der Waals surface area contributed by atoms with E-state index in [2.05, 4.69) is 34.1 Å². The number of aromatic nitrogens is 2. The van der Waals surface area contributed by atoms with Gasteiger partial charge in [0.25, 0.3) is 11.5 Å². The predicted octanol–water partition coefficient (Wildman–Crippen LogP) is 3.91. The Labute approximate surface area is 252 Å². The number of carbonyl (C=O) groups excluding carboxylic acids is 2. The number of aryl methyl sites for hydroxylation is 2. The third kappa shape index (κ3) is 6.68. The standard InChI is InChI=1S/C34H39N5O4/c1-23-18-29-30(19-24(23)2)39(32(40)20-35-29)22-33(41)37(5)31(21-38-14-16-43-17-15-38)27-10-6-25(7-11-27)26-8-12-28(13-9-26)34(42)36(3)4/h6-13,18-20,31H,14-17,21-22H2,1-5H3. The van der Waals surface area contributed by atoms with E-state index >= 15 is 0 Å². The molecule has 0 aliphatic carbocycles. The van der Waals surface area contributed by atoms with Crippen molar-refractivity contribution in [2.75, 3.05) is 54.0 Å². The first-order chi connectivity index (χ1) is 20.6. The molecule has 0 radical (unpaired) electrons. The van der Waals surface area contributed by atoms with Gasteiger partial charge in [-0.3, -0.25) is 23.9 Å². The van der Waals surface area contributed by atoms with Gasteiger partial charge in [-0.05, 0) is 65.9 Å². The van der Waals surface area contributed by atoms with E-state index in [1.807, 2.05) is 57.3 Å². The van der Waals surface area contributed by atoms with Crippen LogP contribution in [0.1, 0.15) is 33.1 Å². The van der Waals surface area contributed by atoms with Gasteiger partial charge in [-0.1, -0.05) is 36.4 Å². The zero-order valence-electron chi connectivity index (χ0n) is 25.5. The lowest BCUT2D eigenvalue weighted by molar-refractivity contribution is -0.133. The number of hydrogen-bond acceptors (Lipinski definition) is 6. The number of amides is 2. The van der Waals surface area contributed by atoms with Crippen LogP contribution in [0.15, 0.2) is 71.7 Å². The Morgan fingerprint density at radius 1 is 0.907 bits per heavy atom. The third-order valence-corrected chi connectivity index (χ3v) is 8.32. The van der Waals surface area contributed by atoms with Crippen molar-refractivity contribution in [2.45, 2.75) is 26.4 Å². The summed E-state index contributed by atoms with van der Waals surface area (Å²) in [5.74, 6) is -0.191. The van der Waals surface area contributed by atoms with E-state index in [0.29, 0.717) is 36.4 Å². The summed E-state index contributed by atoms with van der Waals surface area (Å²) in [7, 11) is 5.29. The second-order valence-corrected chi connectivity index (χ2v) is 11.4. The predicted molar refractivity (Wildman–Crippen MR) is 168 cm³/mol. The number of carbonyl (C=O) groups is 2. The fourth-order valence-electron chi connectivity index (χ4n) is 5.44. The summed E-state index contributed by atoms with van der Waals surface area (Å²) in [6.07, 6.45) is 1.29. The van der Waals surface area contributed by atoms with E-state index in [4.69, 9.17) is 4.74 Å². The Balaban J connectivity index is 1.41. The molecule has 43 heavy (non-hydrogen) atoms. The molecular weight excluding hydrogens is 542 g/mol. The van der Waals surface area contributed by atoms with Crippen molar-refractivity contribution in [3.05, 3.63) is 99.5 Å². The summed E-state index contributed by atoms with van der Waals surface area (Å²) in [5, 5.41) is 0. The van der Waals surface area contributed by atoms with Crippen molar-refractivity contribution in [2.24, 2.45) is 0 Å². The Kier molecular flexibility index (Phi) is 9.03. The van der Waals surface area contributed by atoms with E-state index in [1.165, 1.54) is 10.8 Å². The van der Waals surface area contributed by atoms with E-state index in [-0.39, 0.29) is 30.0 Å². The van der Waals surface area contributed by atoms with Crippen LogP contribution >= 0.6 is 0 Å². The van der Waals surface area contributed by atoms with E-state index in [0.717, 1.165) is 40.9 Å². The molecule has 0 spiro atoms. The molecule has 5 rings (SSSR count). The van der Waals surface area contributed by atoms with Gasteiger partial charge in [0, 0.05) is 46.3 Å². The number of rotatable bonds is 8. The Morgan fingerprint density at radius 3 is 2.14 bits per heavy atom. The SMILES string of the molecule is Cc1cc2ncc(=O)n(CC(=O)N(C)C(CN3CCOCC3)c3ccc(-c4ccc(C(=O)N(C)C)cc4)cc3)c2cc1C. The van der Waals surface area contributed by atoms with Crippen molar-refractivity contribution in [1.82, 2.24) is 24.3 Å². The molecule has 224 valence electrons. The average molecular weight is 582 g/mol. The lowest BCUT2D eigenvalue weighted by Gasteiger charge is -2.35. The number of hydrogen-bond donors (Lipinski definition) is 0. The van der Waals surface area contributed by atoms with Crippen LogP contribution in [0, 0.1) is 13.8 Å². The zero-order valence-corrected chi connectivity index (χ0v) is 25.5.